The molecule has 10 heteroatoms. The maximum Gasteiger partial charge on any atom is 0.435 e. The van der Waals surface area contributed by atoms with Crippen LogP contribution in [0.15, 0.2) is 6.07 Å². The molecule has 1 N–H and O–H groups in total. The molecular weight excluding hydrogens is 258 g/mol. The molecule has 17 heavy (non-hydrogen) atoms. The Morgan fingerprint density at radius 3 is 2.12 bits per heavy atom. The third-order valence-electron chi connectivity index (χ3n) is 1.65. The van der Waals surface area contributed by atoms with Crippen LogP contribution in [0.25, 0.3) is 0 Å². The van der Waals surface area contributed by atoms with Gasteiger partial charge in [0.2, 0.25) is 0 Å². The Bertz CT molecular complexity index is 433. The van der Waals surface area contributed by atoms with E-state index in [4.69, 9.17) is 5.11 Å². The van der Waals surface area contributed by atoms with E-state index in [9.17, 15) is 31.1 Å². The zero-order chi connectivity index (χ0) is 13.4. The van der Waals surface area contributed by atoms with Gasteiger partial charge >= 0.3 is 18.3 Å². The largest absolute Gasteiger partial charge is 0.480 e. The Balaban J connectivity index is 3.27. The van der Waals surface area contributed by atoms with Gasteiger partial charge in [-0.1, -0.05) is 0 Å². The molecule has 0 saturated carbocycles. The summed E-state index contributed by atoms with van der Waals surface area (Å²) < 4.78 is 72.9. The van der Waals surface area contributed by atoms with Crippen LogP contribution in [0, 0.1) is 0 Å². The summed E-state index contributed by atoms with van der Waals surface area (Å²) in [5.74, 6) is -1.73. The van der Waals surface area contributed by atoms with Gasteiger partial charge in [-0.2, -0.15) is 31.4 Å². The molecule has 0 amide bonds. The number of hydrogen-bond donors (Lipinski definition) is 1. The third kappa shape index (κ3) is 3.11. The summed E-state index contributed by atoms with van der Waals surface area (Å²) in [7, 11) is 0. The SMILES string of the molecule is O=C(O)Cn1nc(C(F)(F)F)cc1C(F)(F)F. The molecule has 1 aromatic rings. The summed E-state index contributed by atoms with van der Waals surface area (Å²) >= 11 is 0. The van der Waals surface area contributed by atoms with Crippen molar-refractivity contribution in [2.45, 2.75) is 18.9 Å². The van der Waals surface area contributed by atoms with Gasteiger partial charge < -0.3 is 5.11 Å². The summed E-state index contributed by atoms with van der Waals surface area (Å²) in [6, 6.07) is -0.233. The molecule has 0 aliphatic rings. The van der Waals surface area contributed by atoms with Crippen molar-refractivity contribution in [1.82, 2.24) is 9.78 Å². The zero-order valence-electron chi connectivity index (χ0n) is 7.80. The highest BCUT2D eigenvalue weighted by Gasteiger charge is 2.42. The van der Waals surface area contributed by atoms with Crippen molar-refractivity contribution >= 4 is 5.97 Å². The Morgan fingerprint density at radius 1 is 1.24 bits per heavy atom. The normalized spacial score (nSPS) is 12.8. The van der Waals surface area contributed by atoms with Crippen LogP contribution in [0.4, 0.5) is 26.3 Å². The highest BCUT2D eigenvalue weighted by Crippen LogP contribution is 2.34. The molecular formula is C7H4F6N2O2. The molecule has 0 bridgehead atoms. The van der Waals surface area contributed by atoms with E-state index >= 15 is 0 Å². The van der Waals surface area contributed by atoms with Crippen LogP contribution in [-0.4, -0.2) is 20.9 Å². The summed E-state index contributed by atoms with van der Waals surface area (Å²) in [6.07, 6.45) is -10.2. The highest BCUT2D eigenvalue weighted by atomic mass is 19.4. The Hall–Kier alpha value is -1.74. The average molecular weight is 262 g/mol. The van der Waals surface area contributed by atoms with Gasteiger partial charge in [-0.05, 0) is 0 Å². The maximum absolute atomic E-state index is 12.3. The monoisotopic (exact) mass is 262 g/mol. The standard InChI is InChI=1S/C7H4F6N2O2/c8-6(9,10)3-1-4(7(11,12)13)15(14-3)2-5(16)17/h1H,2H2,(H,16,17). The van der Waals surface area contributed by atoms with E-state index in [0.29, 0.717) is 0 Å². The smallest absolute Gasteiger partial charge is 0.435 e. The second kappa shape index (κ2) is 3.93. The van der Waals surface area contributed by atoms with Crippen molar-refractivity contribution in [3.8, 4) is 0 Å². The lowest BCUT2D eigenvalue weighted by Gasteiger charge is -2.07. The number of carboxylic acid groups (broad SMARTS) is 1. The summed E-state index contributed by atoms with van der Waals surface area (Å²) in [4.78, 5) is 10.2. The average Bonchev–Trinajstić information content (AvgIpc) is 2.44. The number of nitrogens with zero attached hydrogens (tertiary/aromatic N) is 2. The number of halogens is 6. The van der Waals surface area contributed by atoms with Crippen LogP contribution in [0.5, 0.6) is 0 Å². The minimum absolute atomic E-state index is 0.233. The molecule has 0 saturated heterocycles. The number of hydrogen-bond acceptors (Lipinski definition) is 2. The summed E-state index contributed by atoms with van der Waals surface area (Å²) in [6.45, 7) is -1.30. The topological polar surface area (TPSA) is 55.1 Å². The third-order valence-corrected chi connectivity index (χ3v) is 1.65. The summed E-state index contributed by atoms with van der Waals surface area (Å²) in [5, 5.41) is 10.8. The van der Waals surface area contributed by atoms with Gasteiger partial charge in [-0.15, -0.1) is 0 Å². The zero-order valence-corrected chi connectivity index (χ0v) is 7.80. The first kappa shape index (κ1) is 13.3. The Morgan fingerprint density at radius 2 is 1.76 bits per heavy atom. The molecule has 4 nitrogen and oxygen atoms in total. The van der Waals surface area contributed by atoms with Crippen LogP contribution in [0.3, 0.4) is 0 Å². The molecule has 0 aliphatic heterocycles. The second-order valence-corrected chi connectivity index (χ2v) is 2.96. The minimum atomic E-state index is -5.11. The lowest BCUT2D eigenvalue weighted by molar-refractivity contribution is -0.147. The molecule has 0 fully saturated rings. The van der Waals surface area contributed by atoms with E-state index in [-0.39, 0.29) is 10.7 Å². The van der Waals surface area contributed by atoms with E-state index in [1.165, 1.54) is 0 Å². The molecule has 0 aliphatic carbocycles. The quantitative estimate of drug-likeness (QED) is 0.829. The Kier molecular flexibility index (Phi) is 3.08. The lowest BCUT2D eigenvalue weighted by Crippen LogP contribution is -2.19. The molecule has 0 atom stereocenters. The second-order valence-electron chi connectivity index (χ2n) is 2.96. The molecule has 1 aromatic heterocycles. The molecule has 96 valence electrons. The predicted octanol–water partition coefficient (Wildman–Crippen LogP) is 2.01. The van der Waals surface area contributed by atoms with Gasteiger partial charge in [0.05, 0.1) is 0 Å². The number of alkyl halides is 6. The first-order valence-electron chi connectivity index (χ1n) is 3.96. The maximum atomic E-state index is 12.3. The first-order valence-corrected chi connectivity index (χ1v) is 3.96. The molecule has 0 aromatic carbocycles. The van der Waals surface area contributed by atoms with Crippen molar-refractivity contribution in [3.05, 3.63) is 17.5 Å². The van der Waals surface area contributed by atoms with Crippen LogP contribution in [0.2, 0.25) is 0 Å². The number of rotatable bonds is 2. The van der Waals surface area contributed by atoms with E-state index in [1.54, 1.807) is 0 Å². The van der Waals surface area contributed by atoms with Gasteiger partial charge in [0.1, 0.15) is 12.2 Å². The number of aromatic nitrogens is 2. The van der Waals surface area contributed by atoms with Crippen LogP contribution in [-0.2, 0) is 23.7 Å². The highest BCUT2D eigenvalue weighted by molar-refractivity contribution is 5.66. The predicted molar refractivity (Wildman–Crippen MR) is 39.9 cm³/mol. The fourth-order valence-electron chi connectivity index (χ4n) is 1.03. The first-order chi connectivity index (χ1) is 7.51. The van der Waals surface area contributed by atoms with Crippen molar-refractivity contribution in [1.29, 1.82) is 0 Å². The molecule has 1 heterocycles. The van der Waals surface area contributed by atoms with Crippen molar-refractivity contribution in [2.75, 3.05) is 0 Å². The van der Waals surface area contributed by atoms with Gasteiger partial charge in [0.15, 0.2) is 5.69 Å². The number of carboxylic acids is 1. The van der Waals surface area contributed by atoms with Gasteiger partial charge in [-0.3, -0.25) is 4.79 Å². The number of carbonyl (C=O) groups is 1. The van der Waals surface area contributed by atoms with E-state index in [2.05, 4.69) is 5.10 Å². The van der Waals surface area contributed by atoms with Crippen molar-refractivity contribution in [2.24, 2.45) is 0 Å². The minimum Gasteiger partial charge on any atom is -0.480 e. The van der Waals surface area contributed by atoms with Crippen LogP contribution in [0.1, 0.15) is 11.4 Å². The van der Waals surface area contributed by atoms with E-state index < -0.39 is 36.3 Å². The van der Waals surface area contributed by atoms with Crippen LogP contribution < -0.4 is 0 Å². The van der Waals surface area contributed by atoms with Crippen molar-refractivity contribution in [3.63, 3.8) is 0 Å². The molecule has 0 radical (unpaired) electrons. The Labute approximate surface area is 89.4 Å². The molecule has 0 unspecified atom stereocenters. The fourth-order valence-corrected chi connectivity index (χ4v) is 1.03. The van der Waals surface area contributed by atoms with Gasteiger partial charge in [-0.25, -0.2) is 4.68 Å². The van der Waals surface area contributed by atoms with Crippen LogP contribution >= 0.6 is 0 Å². The summed E-state index contributed by atoms with van der Waals surface area (Å²) in [5.41, 5.74) is -3.54. The molecule has 1 rings (SSSR count). The van der Waals surface area contributed by atoms with E-state index in [1.807, 2.05) is 0 Å². The number of aliphatic carboxylic acids is 1. The molecule has 0 spiro atoms. The van der Waals surface area contributed by atoms with Crippen molar-refractivity contribution < 1.29 is 36.2 Å². The lowest BCUT2D eigenvalue weighted by atomic mass is 10.3. The van der Waals surface area contributed by atoms with Gasteiger partial charge in [0, 0.05) is 6.07 Å². The fraction of sp³-hybridized carbons (Fsp3) is 0.429. The van der Waals surface area contributed by atoms with Gasteiger partial charge in [0.25, 0.3) is 0 Å². The van der Waals surface area contributed by atoms with E-state index in [0.717, 1.165) is 0 Å².